The second-order valence-corrected chi connectivity index (χ2v) is 4.77. The third-order valence-corrected chi connectivity index (χ3v) is 3.44. The van der Waals surface area contributed by atoms with Crippen LogP contribution in [0.25, 0.3) is 0 Å². The van der Waals surface area contributed by atoms with Gasteiger partial charge in [-0.15, -0.1) is 0 Å². The van der Waals surface area contributed by atoms with E-state index in [0.717, 1.165) is 5.56 Å². The minimum Gasteiger partial charge on any atom is -0.309 e. The molecule has 2 aromatic carbocycles. The Morgan fingerprint density at radius 3 is 2.47 bits per heavy atom. The van der Waals surface area contributed by atoms with E-state index < -0.39 is 11.9 Å². The summed E-state index contributed by atoms with van der Waals surface area (Å²) in [4.78, 5) is 0. The molecule has 0 aliphatic rings. The Kier molecular flexibility index (Phi) is 4.17. The van der Waals surface area contributed by atoms with E-state index in [4.69, 9.17) is 11.6 Å². The third kappa shape index (κ3) is 2.77. The summed E-state index contributed by atoms with van der Waals surface area (Å²) in [6.45, 7) is 1.88. The normalized spacial score (nSPS) is 12.5. The number of aryl methyl sites for hydroxylation is 1. The predicted molar refractivity (Wildman–Crippen MR) is 73.4 cm³/mol. The quantitative estimate of drug-likeness (QED) is 0.887. The molecule has 1 N–H and O–H groups in total. The Hall–Kier alpha value is -1.45. The molecule has 0 aliphatic heterocycles. The highest BCUT2D eigenvalue weighted by molar-refractivity contribution is 6.31. The maximum Gasteiger partial charge on any atom is 0.142 e. The second-order valence-electron chi connectivity index (χ2n) is 4.39. The molecule has 0 spiro atoms. The predicted octanol–water partition coefficient (Wildman–Crippen LogP) is 4.24. The number of benzene rings is 2. The van der Waals surface area contributed by atoms with E-state index in [0.29, 0.717) is 11.1 Å². The molecule has 1 atom stereocenters. The molecule has 0 amide bonds. The lowest BCUT2D eigenvalue weighted by molar-refractivity contribution is 0.571. The van der Waals surface area contributed by atoms with Crippen LogP contribution in [0.1, 0.15) is 22.7 Å². The lowest BCUT2D eigenvalue weighted by atomic mass is 9.96. The molecule has 4 heteroatoms. The molecule has 0 aromatic heterocycles. The fourth-order valence-electron chi connectivity index (χ4n) is 2.11. The molecule has 0 saturated heterocycles. The molecular formula is C15H14ClF2N. The van der Waals surface area contributed by atoms with Crippen molar-refractivity contribution in [2.45, 2.75) is 13.0 Å². The average molecular weight is 282 g/mol. The standard InChI is InChI=1S/C15H14ClF2N/c1-9-6-7-12(17)11(8-9)15(19-2)10-4-3-5-13(18)14(10)16/h3-8,15,19H,1-2H3. The molecule has 0 bridgehead atoms. The highest BCUT2D eigenvalue weighted by Gasteiger charge is 2.20. The number of hydrogen-bond donors (Lipinski definition) is 1. The molecular weight excluding hydrogens is 268 g/mol. The van der Waals surface area contributed by atoms with Gasteiger partial charge < -0.3 is 5.32 Å². The van der Waals surface area contributed by atoms with Crippen molar-refractivity contribution < 1.29 is 8.78 Å². The van der Waals surface area contributed by atoms with Crippen molar-refractivity contribution in [1.29, 1.82) is 0 Å². The summed E-state index contributed by atoms with van der Waals surface area (Å²) in [5.74, 6) is -0.849. The molecule has 0 heterocycles. The Morgan fingerprint density at radius 2 is 1.79 bits per heavy atom. The van der Waals surface area contributed by atoms with Gasteiger partial charge in [0.05, 0.1) is 11.1 Å². The molecule has 1 unspecified atom stereocenters. The topological polar surface area (TPSA) is 12.0 Å². The zero-order chi connectivity index (χ0) is 14.0. The van der Waals surface area contributed by atoms with Crippen LogP contribution in [0.4, 0.5) is 8.78 Å². The molecule has 0 aliphatic carbocycles. The van der Waals surface area contributed by atoms with E-state index in [1.807, 2.05) is 6.92 Å². The van der Waals surface area contributed by atoms with Crippen LogP contribution in [-0.4, -0.2) is 7.05 Å². The largest absolute Gasteiger partial charge is 0.309 e. The smallest absolute Gasteiger partial charge is 0.142 e. The molecule has 1 nitrogen and oxygen atoms in total. The summed E-state index contributed by atoms with van der Waals surface area (Å²) >= 11 is 5.97. The number of nitrogens with one attached hydrogen (secondary N) is 1. The Balaban J connectivity index is 2.56. The average Bonchev–Trinajstić information content (AvgIpc) is 2.39. The lowest BCUT2D eigenvalue weighted by Crippen LogP contribution is -2.19. The molecule has 2 aromatic rings. The van der Waals surface area contributed by atoms with Gasteiger partial charge in [0.2, 0.25) is 0 Å². The van der Waals surface area contributed by atoms with Crippen LogP contribution < -0.4 is 5.32 Å². The van der Waals surface area contributed by atoms with E-state index >= 15 is 0 Å². The maximum absolute atomic E-state index is 13.9. The van der Waals surface area contributed by atoms with E-state index in [9.17, 15) is 8.78 Å². The van der Waals surface area contributed by atoms with Gasteiger partial charge >= 0.3 is 0 Å². The first-order valence-electron chi connectivity index (χ1n) is 5.92. The fraction of sp³-hybridized carbons (Fsp3) is 0.200. The number of halogens is 3. The van der Waals surface area contributed by atoms with E-state index in [2.05, 4.69) is 5.32 Å². The van der Waals surface area contributed by atoms with Crippen molar-refractivity contribution in [3.63, 3.8) is 0 Å². The molecule has 100 valence electrons. The first-order chi connectivity index (χ1) is 9.04. The third-order valence-electron chi connectivity index (χ3n) is 3.04. The van der Waals surface area contributed by atoms with E-state index in [1.165, 1.54) is 12.1 Å². The van der Waals surface area contributed by atoms with Crippen LogP contribution in [0.2, 0.25) is 5.02 Å². The summed E-state index contributed by atoms with van der Waals surface area (Å²) in [5.41, 5.74) is 1.91. The highest BCUT2D eigenvalue weighted by Crippen LogP contribution is 2.31. The molecule has 2 rings (SSSR count). The lowest BCUT2D eigenvalue weighted by Gasteiger charge is -2.20. The van der Waals surface area contributed by atoms with E-state index in [1.54, 1.807) is 31.3 Å². The summed E-state index contributed by atoms with van der Waals surface area (Å²) in [5, 5.41) is 3.00. The Bertz CT molecular complexity index is 597. The summed E-state index contributed by atoms with van der Waals surface area (Å²) < 4.78 is 27.5. The second kappa shape index (κ2) is 5.68. The van der Waals surface area contributed by atoms with Crippen LogP contribution in [0.5, 0.6) is 0 Å². The van der Waals surface area contributed by atoms with Gasteiger partial charge in [0, 0.05) is 5.56 Å². The molecule has 0 fully saturated rings. The van der Waals surface area contributed by atoms with Crippen LogP contribution >= 0.6 is 11.6 Å². The Labute approximate surface area is 116 Å². The van der Waals surface area contributed by atoms with Crippen LogP contribution in [0.3, 0.4) is 0 Å². The van der Waals surface area contributed by atoms with Crippen LogP contribution in [0, 0.1) is 18.6 Å². The van der Waals surface area contributed by atoms with Gasteiger partial charge in [0.1, 0.15) is 11.6 Å². The molecule has 19 heavy (non-hydrogen) atoms. The van der Waals surface area contributed by atoms with Gasteiger partial charge in [0.15, 0.2) is 0 Å². The summed E-state index contributed by atoms with van der Waals surface area (Å²) in [6, 6.07) is 8.88. The van der Waals surface area contributed by atoms with Crippen LogP contribution in [0.15, 0.2) is 36.4 Å². The summed E-state index contributed by atoms with van der Waals surface area (Å²) in [6.07, 6.45) is 0. The first-order valence-corrected chi connectivity index (χ1v) is 6.29. The van der Waals surface area contributed by atoms with Gasteiger partial charge in [0.25, 0.3) is 0 Å². The first kappa shape index (κ1) is 14.0. The van der Waals surface area contributed by atoms with Crippen molar-refractivity contribution in [1.82, 2.24) is 5.32 Å². The van der Waals surface area contributed by atoms with Crippen molar-refractivity contribution in [2.24, 2.45) is 0 Å². The number of rotatable bonds is 3. The van der Waals surface area contributed by atoms with Gasteiger partial charge in [-0.25, -0.2) is 8.78 Å². The van der Waals surface area contributed by atoms with Crippen LogP contribution in [-0.2, 0) is 0 Å². The zero-order valence-corrected chi connectivity index (χ0v) is 11.4. The van der Waals surface area contributed by atoms with Crippen molar-refractivity contribution in [2.75, 3.05) is 7.05 Å². The fourth-order valence-corrected chi connectivity index (χ4v) is 2.34. The molecule has 0 radical (unpaired) electrons. The van der Waals surface area contributed by atoms with Gasteiger partial charge in [-0.3, -0.25) is 0 Å². The number of hydrogen-bond acceptors (Lipinski definition) is 1. The van der Waals surface area contributed by atoms with Crippen molar-refractivity contribution >= 4 is 11.6 Å². The van der Waals surface area contributed by atoms with Crippen molar-refractivity contribution in [3.05, 3.63) is 69.7 Å². The van der Waals surface area contributed by atoms with Gasteiger partial charge in [-0.1, -0.05) is 41.4 Å². The highest BCUT2D eigenvalue weighted by atomic mass is 35.5. The minimum atomic E-state index is -0.507. The van der Waals surface area contributed by atoms with Crippen molar-refractivity contribution in [3.8, 4) is 0 Å². The van der Waals surface area contributed by atoms with Gasteiger partial charge in [-0.2, -0.15) is 0 Å². The SMILES string of the molecule is CNC(c1cc(C)ccc1F)c1cccc(F)c1Cl. The Morgan fingerprint density at radius 1 is 1.05 bits per heavy atom. The summed E-state index contributed by atoms with van der Waals surface area (Å²) in [7, 11) is 1.69. The molecule has 0 saturated carbocycles. The van der Waals surface area contributed by atoms with E-state index in [-0.39, 0.29) is 10.8 Å². The van der Waals surface area contributed by atoms with Gasteiger partial charge in [-0.05, 0) is 31.7 Å². The maximum atomic E-state index is 13.9. The zero-order valence-electron chi connectivity index (χ0n) is 10.7. The minimum absolute atomic E-state index is 0.0164. The monoisotopic (exact) mass is 281 g/mol.